The molecule has 0 aliphatic rings. The van der Waals surface area contributed by atoms with Crippen LogP contribution in [0.25, 0.3) is 11.4 Å². The molecule has 4 rings (SSSR count). The standard InChI is InChI=1S/C13H12N8/c1-9-6-12(21-13(19-9)16-8-18-21)15-7-10-2-4-14-11-3-5-17-20(10)11/h2-6,8,15H,7H2,1H3. The molecule has 0 aromatic carbocycles. The molecule has 0 unspecified atom stereocenters. The Bertz CT molecular complexity index is 922. The van der Waals surface area contributed by atoms with Gasteiger partial charge in [-0.15, -0.1) is 0 Å². The molecule has 4 aromatic heterocycles. The Labute approximate surface area is 119 Å². The number of hydrogen-bond donors (Lipinski definition) is 1. The second-order valence-electron chi connectivity index (χ2n) is 4.65. The first-order valence-electron chi connectivity index (χ1n) is 6.50. The van der Waals surface area contributed by atoms with E-state index in [0.717, 1.165) is 22.9 Å². The molecular formula is C13H12N8. The van der Waals surface area contributed by atoms with Crippen molar-refractivity contribution in [1.29, 1.82) is 0 Å². The molecule has 4 heterocycles. The molecule has 0 aliphatic carbocycles. The lowest BCUT2D eigenvalue weighted by Gasteiger charge is -2.09. The fourth-order valence-electron chi connectivity index (χ4n) is 2.26. The number of aryl methyl sites for hydroxylation is 1. The van der Waals surface area contributed by atoms with E-state index in [-0.39, 0.29) is 0 Å². The summed E-state index contributed by atoms with van der Waals surface area (Å²) in [5.74, 6) is 1.42. The first-order valence-corrected chi connectivity index (χ1v) is 6.50. The van der Waals surface area contributed by atoms with Gasteiger partial charge in [0.15, 0.2) is 5.65 Å². The normalized spacial score (nSPS) is 11.3. The maximum atomic E-state index is 4.31. The van der Waals surface area contributed by atoms with Crippen molar-refractivity contribution in [2.75, 3.05) is 5.32 Å². The van der Waals surface area contributed by atoms with Gasteiger partial charge in [-0.1, -0.05) is 0 Å². The SMILES string of the molecule is Cc1cc(NCc2ccnc3ccnn23)n2ncnc2n1. The smallest absolute Gasteiger partial charge is 0.254 e. The summed E-state index contributed by atoms with van der Waals surface area (Å²) < 4.78 is 3.48. The predicted octanol–water partition coefficient (Wildman–Crippen LogP) is 1.09. The fourth-order valence-corrected chi connectivity index (χ4v) is 2.26. The molecule has 0 saturated carbocycles. The third kappa shape index (κ3) is 1.97. The zero-order valence-corrected chi connectivity index (χ0v) is 11.3. The van der Waals surface area contributed by atoms with Gasteiger partial charge in [0, 0.05) is 24.0 Å². The van der Waals surface area contributed by atoms with Crippen LogP contribution in [0.3, 0.4) is 0 Å². The highest BCUT2D eigenvalue weighted by atomic mass is 15.4. The molecule has 0 amide bonds. The van der Waals surface area contributed by atoms with Crippen molar-refractivity contribution < 1.29 is 0 Å². The van der Waals surface area contributed by atoms with Crippen LogP contribution in [0.1, 0.15) is 11.4 Å². The molecule has 0 bridgehead atoms. The van der Waals surface area contributed by atoms with Gasteiger partial charge in [-0.05, 0) is 13.0 Å². The van der Waals surface area contributed by atoms with E-state index < -0.39 is 0 Å². The van der Waals surface area contributed by atoms with Crippen molar-refractivity contribution in [3.8, 4) is 0 Å². The zero-order chi connectivity index (χ0) is 14.2. The maximum absolute atomic E-state index is 4.31. The van der Waals surface area contributed by atoms with Gasteiger partial charge >= 0.3 is 0 Å². The van der Waals surface area contributed by atoms with E-state index in [4.69, 9.17) is 0 Å². The molecule has 104 valence electrons. The summed E-state index contributed by atoms with van der Waals surface area (Å²) in [5, 5.41) is 11.8. The molecule has 0 spiro atoms. The summed E-state index contributed by atoms with van der Waals surface area (Å²) in [6.45, 7) is 2.52. The Morgan fingerprint density at radius 1 is 1.10 bits per heavy atom. The van der Waals surface area contributed by atoms with Crippen LogP contribution in [0.15, 0.2) is 36.9 Å². The van der Waals surface area contributed by atoms with Crippen LogP contribution in [0.2, 0.25) is 0 Å². The molecule has 8 heteroatoms. The van der Waals surface area contributed by atoms with E-state index in [2.05, 4.69) is 30.5 Å². The summed E-state index contributed by atoms with van der Waals surface area (Å²) in [6.07, 6.45) is 5.00. The molecule has 8 nitrogen and oxygen atoms in total. The van der Waals surface area contributed by atoms with Gasteiger partial charge in [0.1, 0.15) is 12.1 Å². The van der Waals surface area contributed by atoms with Gasteiger partial charge < -0.3 is 5.32 Å². The monoisotopic (exact) mass is 280 g/mol. The average molecular weight is 280 g/mol. The maximum Gasteiger partial charge on any atom is 0.254 e. The van der Waals surface area contributed by atoms with Gasteiger partial charge in [-0.25, -0.2) is 14.5 Å². The highest BCUT2D eigenvalue weighted by Crippen LogP contribution is 2.12. The van der Waals surface area contributed by atoms with Crippen molar-refractivity contribution in [2.24, 2.45) is 0 Å². The molecule has 0 fully saturated rings. The zero-order valence-electron chi connectivity index (χ0n) is 11.3. The largest absolute Gasteiger partial charge is 0.364 e. The summed E-state index contributed by atoms with van der Waals surface area (Å²) >= 11 is 0. The number of rotatable bonds is 3. The fraction of sp³-hybridized carbons (Fsp3) is 0.154. The van der Waals surface area contributed by atoms with Crippen LogP contribution in [0, 0.1) is 6.92 Å². The molecule has 0 aliphatic heterocycles. The quantitative estimate of drug-likeness (QED) is 0.604. The Morgan fingerprint density at radius 3 is 3.00 bits per heavy atom. The Morgan fingerprint density at radius 2 is 2.05 bits per heavy atom. The Hall–Kier alpha value is -3.03. The van der Waals surface area contributed by atoms with Crippen LogP contribution in [0.5, 0.6) is 0 Å². The van der Waals surface area contributed by atoms with E-state index >= 15 is 0 Å². The molecular weight excluding hydrogens is 268 g/mol. The second-order valence-corrected chi connectivity index (χ2v) is 4.65. The van der Waals surface area contributed by atoms with Gasteiger partial charge in [0.25, 0.3) is 5.78 Å². The van der Waals surface area contributed by atoms with Crippen molar-refractivity contribution in [3.05, 3.63) is 48.3 Å². The van der Waals surface area contributed by atoms with Crippen LogP contribution >= 0.6 is 0 Å². The lowest BCUT2D eigenvalue weighted by atomic mass is 10.3. The lowest BCUT2D eigenvalue weighted by molar-refractivity contribution is 0.841. The minimum absolute atomic E-state index is 0.580. The van der Waals surface area contributed by atoms with Crippen LogP contribution in [-0.4, -0.2) is 34.2 Å². The molecule has 0 saturated heterocycles. The lowest BCUT2D eigenvalue weighted by Crippen LogP contribution is -2.10. The Balaban J connectivity index is 1.69. The van der Waals surface area contributed by atoms with Crippen molar-refractivity contribution in [3.63, 3.8) is 0 Å². The first-order chi connectivity index (χ1) is 10.3. The van der Waals surface area contributed by atoms with E-state index in [9.17, 15) is 0 Å². The number of aromatic nitrogens is 7. The Kier molecular flexibility index (Phi) is 2.53. The van der Waals surface area contributed by atoms with Crippen molar-refractivity contribution in [1.82, 2.24) is 34.2 Å². The van der Waals surface area contributed by atoms with Gasteiger partial charge in [-0.2, -0.15) is 19.7 Å². The predicted molar refractivity (Wildman–Crippen MR) is 75.8 cm³/mol. The minimum atomic E-state index is 0.580. The van der Waals surface area contributed by atoms with Crippen molar-refractivity contribution in [2.45, 2.75) is 13.5 Å². The average Bonchev–Trinajstić information content (AvgIpc) is 3.12. The molecule has 0 radical (unpaired) electrons. The number of anilines is 1. The summed E-state index contributed by atoms with van der Waals surface area (Å²) in [7, 11) is 0. The van der Waals surface area contributed by atoms with E-state index in [0.29, 0.717) is 12.3 Å². The number of nitrogens with one attached hydrogen (secondary N) is 1. The first kappa shape index (κ1) is 11.8. The molecule has 1 N–H and O–H groups in total. The highest BCUT2D eigenvalue weighted by Gasteiger charge is 2.07. The van der Waals surface area contributed by atoms with Gasteiger partial charge in [0.05, 0.1) is 18.4 Å². The van der Waals surface area contributed by atoms with Gasteiger partial charge in [-0.3, -0.25) is 0 Å². The van der Waals surface area contributed by atoms with E-state index in [1.165, 1.54) is 6.33 Å². The third-order valence-electron chi connectivity index (χ3n) is 3.20. The van der Waals surface area contributed by atoms with Crippen molar-refractivity contribution >= 4 is 17.2 Å². The topological polar surface area (TPSA) is 85.3 Å². The number of fused-ring (bicyclic) bond motifs is 2. The van der Waals surface area contributed by atoms with Crippen LogP contribution < -0.4 is 5.32 Å². The summed E-state index contributed by atoms with van der Waals surface area (Å²) in [5.41, 5.74) is 2.72. The summed E-state index contributed by atoms with van der Waals surface area (Å²) in [6, 6.07) is 5.73. The molecule has 21 heavy (non-hydrogen) atoms. The summed E-state index contributed by atoms with van der Waals surface area (Å²) in [4.78, 5) is 12.7. The molecule has 4 aromatic rings. The van der Waals surface area contributed by atoms with Crippen LogP contribution in [-0.2, 0) is 6.54 Å². The third-order valence-corrected chi connectivity index (χ3v) is 3.20. The molecule has 0 atom stereocenters. The minimum Gasteiger partial charge on any atom is -0.364 e. The van der Waals surface area contributed by atoms with E-state index in [1.54, 1.807) is 21.4 Å². The van der Waals surface area contributed by atoms with Crippen LogP contribution in [0.4, 0.5) is 5.82 Å². The second kappa shape index (κ2) is 4.51. The van der Waals surface area contributed by atoms with Gasteiger partial charge in [0.2, 0.25) is 0 Å². The number of nitrogens with zero attached hydrogens (tertiary/aromatic N) is 7. The van der Waals surface area contributed by atoms with E-state index in [1.807, 2.05) is 25.1 Å². The number of hydrogen-bond acceptors (Lipinski definition) is 6. The highest BCUT2D eigenvalue weighted by molar-refractivity contribution is 5.45.